The van der Waals surface area contributed by atoms with Gasteiger partial charge in [-0.2, -0.15) is 0 Å². The summed E-state index contributed by atoms with van der Waals surface area (Å²) in [7, 11) is 0. The summed E-state index contributed by atoms with van der Waals surface area (Å²) in [6, 6.07) is 7.95. The molecule has 0 bridgehead atoms. The van der Waals surface area contributed by atoms with Crippen molar-refractivity contribution in [2.75, 3.05) is 5.33 Å². The fraction of sp³-hybridized carbons (Fsp3) is 0.333. The number of hydrogen-bond donors (Lipinski definition) is 0. The molecular formula is C12H14BrCl. The van der Waals surface area contributed by atoms with Gasteiger partial charge in [0.2, 0.25) is 0 Å². The molecule has 0 aliphatic carbocycles. The highest BCUT2D eigenvalue weighted by Crippen LogP contribution is 2.29. The number of hydrogen-bond acceptors (Lipinski definition) is 0. The summed E-state index contributed by atoms with van der Waals surface area (Å²) in [4.78, 5) is 0. The molecule has 0 aromatic heterocycles. The fourth-order valence-electron chi connectivity index (χ4n) is 1.25. The monoisotopic (exact) mass is 272 g/mol. The number of allylic oxidation sites excluding steroid dienone is 1. The van der Waals surface area contributed by atoms with Crippen LogP contribution in [0.5, 0.6) is 0 Å². The second-order valence-corrected chi connectivity index (χ2v) is 4.73. The van der Waals surface area contributed by atoms with Crippen LogP contribution in [0.4, 0.5) is 0 Å². The highest BCUT2D eigenvalue weighted by atomic mass is 79.9. The minimum atomic E-state index is 0.0744. The summed E-state index contributed by atoms with van der Waals surface area (Å²) in [6.07, 6.45) is 2.90. The molecule has 1 atom stereocenters. The standard InChI is InChI=1S/C12H14BrCl/c1-3-12(2,9-13)8-10-6-4-5-7-11(10)14/h3-7H,1,8-9H2,2H3. The first-order valence-electron chi connectivity index (χ1n) is 4.54. The number of halogens is 2. The summed E-state index contributed by atoms with van der Waals surface area (Å²) >= 11 is 9.59. The maximum atomic E-state index is 6.09. The predicted octanol–water partition coefficient (Wildman–Crippen LogP) is 4.47. The van der Waals surface area contributed by atoms with Crippen molar-refractivity contribution >= 4 is 27.5 Å². The van der Waals surface area contributed by atoms with Crippen LogP contribution in [-0.4, -0.2) is 5.33 Å². The highest BCUT2D eigenvalue weighted by Gasteiger charge is 2.20. The van der Waals surface area contributed by atoms with E-state index in [0.717, 1.165) is 16.8 Å². The summed E-state index contributed by atoms with van der Waals surface area (Å²) in [5, 5.41) is 1.73. The van der Waals surface area contributed by atoms with E-state index in [0.29, 0.717) is 0 Å². The molecule has 0 fully saturated rings. The Bertz CT molecular complexity index is 322. The Hall–Kier alpha value is -0.270. The Morgan fingerprint density at radius 3 is 2.64 bits per heavy atom. The minimum Gasteiger partial charge on any atom is -0.102 e. The van der Waals surface area contributed by atoms with Gasteiger partial charge in [-0.1, -0.05) is 58.7 Å². The highest BCUT2D eigenvalue weighted by molar-refractivity contribution is 9.09. The molecular weight excluding hydrogens is 259 g/mol. The van der Waals surface area contributed by atoms with Gasteiger partial charge in [0, 0.05) is 10.4 Å². The molecule has 1 aromatic carbocycles. The lowest BCUT2D eigenvalue weighted by molar-refractivity contribution is 0.494. The molecule has 0 heterocycles. The predicted molar refractivity (Wildman–Crippen MR) is 67.3 cm³/mol. The average Bonchev–Trinajstić information content (AvgIpc) is 2.21. The smallest absolute Gasteiger partial charge is 0.0438 e. The molecule has 0 N–H and O–H groups in total. The lowest BCUT2D eigenvalue weighted by Gasteiger charge is -2.23. The molecule has 0 nitrogen and oxygen atoms in total. The van der Waals surface area contributed by atoms with Gasteiger partial charge in [-0.3, -0.25) is 0 Å². The molecule has 1 rings (SSSR count). The van der Waals surface area contributed by atoms with Gasteiger partial charge in [0.05, 0.1) is 0 Å². The first kappa shape index (κ1) is 11.8. The van der Waals surface area contributed by atoms with Crippen LogP contribution < -0.4 is 0 Å². The van der Waals surface area contributed by atoms with Gasteiger partial charge in [-0.15, -0.1) is 6.58 Å². The second-order valence-electron chi connectivity index (χ2n) is 3.76. The summed E-state index contributed by atoms with van der Waals surface area (Å²) in [5.74, 6) is 0. The number of alkyl halides is 1. The van der Waals surface area contributed by atoms with Crippen molar-refractivity contribution in [2.24, 2.45) is 5.41 Å². The first-order valence-corrected chi connectivity index (χ1v) is 6.04. The molecule has 1 aromatic rings. The molecule has 0 saturated carbocycles. The summed E-state index contributed by atoms with van der Waals surface area (Å²) in [5.41, 5.74) is 1.25. The summed E-state index contributed by atoms with van der Waals surface area (Å²) < 4.78 is 0. The van der Waals surface area contributed by atoms with E-state index in [1.807, 2.05) is 24.3 Å². The van der Waals surface area contributed by atoms with Gasteiger partial charge >= 0.3 is 0 Å². The zero-order valence-corrected chi connectivity index (χ0v) is 10.6. The maximum Gasteiger partial charge on any atom is 0.0438 e. The van der Waals surface area contributed by atoms with Gasteiger partial charge in [-0.25, -0.2) is 0 Å². The van der Waals surface area contributed by atoms with Crippen molar-refractivity contribution in [3.8, 4) is 0 Å². The van der Waals surface area contributed by atoms with E-state index in [1.54, 1.807) is 0 Å². The molecule has 14 heavy (non-hydrogen) atoms. The van der Waals surface area contributed by atoms with E-state index >= 15 is 0 Å². The maximum absolute atomic E-state index is 6.09. The zero-order chi connectivity index (χ0) is 10.6. The quantitative estimate of drug-likeness (QED) is 0.561. The third-order valence-corrected chi connectivity index (χ3v) is 4.00. The lowest BCUT2D eigenvalue weighted by Crippen LogP contribution is -2.18. The van der Waals surface area contributed by atoms with E-state index in [2.05, 4.69) is 35.5 Å². The molecule has 76 valence electrons. The Morgan fingerprint density at radius 2 is 2.14 bits per heavy atom. The number of rotatable bonds is 4. The average molecular weight is 274 g/mol. The molecule has 2 heteroatoms. The van der Waals surface area contributed by atoms with Crippen molar-refractivity contribution in [1.82, 2.24) is 0 Å². The molecule has 0 aliphatic rings. The van der Waals surface area contributed by atoms with Crippen LogP contribution in [0.15, 0.2) is 36.9 Å². The van der Waals surface area contributed by atoms with Gasteiger partial charge in [0.1, 0.15) is 0 Å². The van der Waals surface area contributed by atoms with E-state index in [4.69, 9.17) is 11.6 Å². The van der Waals surface area contributed by atoms with Gasteiger partial charge < -0.3 is 0 Å². The van der Waals surface area contributed by atoms with Crippen molar-refractivity contribution in [2.45, 2.75) is 13.3 Å². The van der Waals surface area contributed by atoms with Crippen LogP contribution in [0.3, 0.4) is 0 Å². The Kier molecular flexibility index (Phi) is 4.21. The van der Waals surface area contributed by atoms with Crippen LogP contribution in [0.25, 0.3) is 0 Å². The second kappa shape index (κ2) is 4.99. The third kappa shape index (κ3) is 2.86. The zero-order valence-electron chi connectivity index (χ0n) is 8.26. The van der Waals surface area contributed by atoms with Crippen molar-refractivity contribution in [3.63, 3.8) is 0 Å². The molecule has 0 saturated heterocycles. The molecule has 0 spiro atoms. The normalized spacial score (nSPS) is 14.8. The molecule has 1 unspecified atom stereocenters. The van der Waals surface area contributed by atoms with Crippen LogP contribution in [-0.2, 0) is 6.42 Å². The minimum absolute atomic E-state index is 0.0744. The van der Waals surface area contributed by atoms with Crippen molar-refractivity contribution < 1.29 is 0 Å². The van der Waals surface area contributed by atoms with Gasteiger partial charge in [0.25, 0.3) is 0 Å². The van der Waals surface area contributed by atoms with Crippen LogP contribution in [0.1, 0.15) is 12.5 Å². The molecule has 0 amide bonds. The van der Waals surface area contributed by atoms with E-state index in [-0.39, 0.29) is 5.41 Å². The van der Waals surface area contributed by atoms with E-state index in [1.165, 1.54) is 5.56 Å². The molecule has 0 aliphatic heterocycles. The Morgan fingerprint density at radius 1 is 1.50 bits per heavy atom. The third-order valence-electron chi connectivity index (χ3n) is 2.35. The Balaban J connectivity index is 2.87. The lowest BCUT2D eigenvalue weighted by atomic mass is 9.86. The summed E-state index contributed by atoms with van der Waals surface area (Å²) in [6.45, 7) is 6.02. The van der Waals surface area contributed by atoms with E-state index < -0.39 is 0 Å². The fourth-order valence-corrected chi connectivity index (χ4v) is 1.88. The van der Waals surface area contributed by atoms with Crippen molar-refractivity contribution in [1.29, 1.82) is 0 Å². The van der Waals surface area contributed by atoms with E-state index in [9.17, 15) is 0 Å². The topological polar surface area (TPSA) is 0 Å². The largest absolute Gasteiger partial charge is 0.102 e. The van der Waals surface area contributed by atoms with Gasteiger partial charge in [0.15, 0.2) is 0 Å². The van der Waals surface area contributed by atoms with Gasteiger partial charge in [-0.05, 0) is 23.5 Å². The van der Waals surface area contributed by atoms with Crippen LogP contribution >= 0.6 is 27.5 Å². The number of benzene rings is 1. The SMILES string of the molecule is C=CC(C)(CBr)Cc1ccccc1Cl. The Labute approximate surface area is 99.1 Å². The van der Waals surface area contributed by atoms with Crippen LogP contribution in [0, 0.1) is 5.41 Å². The first-order chi connectivity index (χ1) is 6.61. The van der Waals surface area contributed by atoms with Crippen LogP contribution in [0.2, 0.25) is 5.02 Å². The van der Waals surface area contributed by atoms with Crippen molar-refractivity contribution in [3.05, 3.63) is 47.5 Å². The molecule has 0 radical (unpaired) electrons.